The first kappa shape index (κ1) is 9.47. The SMILES string of the molecule is C[C@@H]1CO[C@H]2CCCCC[C@]12CO. The Morgan fingerprint density at radius 3 is 3.00 bits per heavy atom. The average molecular weight is 184 g/mol. The fourth-order valence-corrected chi connectivity index (χ4v) is 2.99. The fraction of sp³-hybridized carbons (Fsp3) is 1.00. The quantitative estimate of drug-likeness (QED) is 0.675. The molecular weight excluding hydrogens is 164 g/mol. The van der Waals surface area contributed by atoms with Crippen molar-refractivity contribution in [2.24, 2.45) is 11.3 Å². The van der Waals surface area contributed by atoms with E-state index in [1.807, 2.05) is 0 Å². The predicted octanol–water partition coefficient (Wildman–Crippen LogP) is 1.96. The molecule has 0 spiro atoms. The van der Waals surface area contributed by atoms with Crippen LogP contribution in [0, 0.1) is 11.3 Å². The molecule has 0 bridgehead atoms. The summed E-state index contributed by atoms with van der Waals surface area (Å²) in [6, 6.07) is 0. The Bertz CT molecular complexity index is 181. The van der Waals surface area contributed by atoms with Gasteiger partial charge in [-0.15, -0.1) is 0 Å². The molecule has 2 aliphatic rings. The molecule has 2 nitrogen and oxygen atoms in total. The zero-order chi connectivity index (χ0) is 9.31. The first-order valence-corrected chi connectivity index (χ1v) is 5.52. The third kappa shape index (κ3) is 1.40. The molecule has 1 heterocycles. The molecule has 0 aromatic rings. The third-order valence-electron chi connectivity index (χ3n) is 4.07. The lowest BCUT2D eigenvalue weighted by atomic mass is 9.72. The van der Waals surface area contributed by atoms with Crippen LogP contribution in [0.4, 0.5) is 0 Å². The van der Waals surface area contributed by atoms with Crippen molar-refractivity contribution in [3.8, 4) is 0 Å². The van der Waals surface area contributed by atoms with E-state index in [0.29, 0.717) is 18.6 Å². The highest BCUT2D eigenvalue weighted by Crippen LogP contribution is 2.47. The minimum absolute atomic E-state index is 0.108. The lowest BCUT2D eigenvalue weighted by molar-refractivity contribution is 0.00310. The summed E-state index contributed by atoms with van der Waals surface area (Å²) in [5.41, 5.74) is 0.108. The van der Waals surface area contributed by atoms with E-state index in [2.05, 4.69) is 6.92 Å². The number of hydrogen-bond acceptors (Lipinski definition) is 2. The molecule has 2 fully saturated rings. The van der Waals surface area contributed by atoms with Gasteiger partial charge in [0.05, 0.1) is 19.3 Å². The van der Waals surface area contributed by atoms with E-state index in [0.717, 1.165) is 19.4 Å². The minimum Gasteiger partial charge on any atom is -0.396 e. The van der Waals surface area contributed by atoms with Crippen LogP contribution in [0.15, 0.2) is 0 Å². The fourth-order valence-electron chi connectivity index (χ4n) is 2.99. The van der Waals surface area contributed by atoms with Crippen molar-refractivity contribution >= 4 is 0 Å². The van der Waals surface area contributed by atoms with Crippen molar-refractivity contribution < 1.29 is 9.84 Å². The number of aliphatic hydroxyl groups excluding tert-OH is 1. The summed E-state index contributed by atoms with van der Waals surface area (Å²) in [5.74, 6) is 0.542. The van der Waals surface area contributed by atoms with Gasteiger partial charge in [-0.2, -0.15) is 0 Å². The molecule has 2 rings (SSSR count). The Morgan fingerprint density at radius 2 is 2.23 bits per heavy atom. The lowest BCUT2D eigenvalue weighted by Gasteiger charge is -2.34. The molecule has 0 unspecified atom stereocenters. The molecule has 1 aliphatic heterocycles. The zero-order valence-corrected chi connectivity index (χ0v) is 8.46. The summed E-state index contributed by atoms with van der Waals surface area (Å²) in [4.78, 5) is 0. The molecule has 0 aromatic heterocycles. The first-order chi connectivity index (χ1) is 6.29. The van der Waals surface area contributed by atoms with Crippen molar-refractivity contribution in [3.63, 3.8) is 0 Å². The molecule has 2 heteroatoms. The van der Waals surface area contributed by atoms with Crippen LogP contribution in [-0.2, 0) is 4.74 Å². The van der Waals surface area contributed by atoms with Gasteiger partial charge in [0.2, 0.25) is 0 Å². The topological polar surface area (TPSA) is 29.5 Å². The standard InChI is InChI=1S/C11H20O2/c1-9-7-13-10-5-3-2-4-6-11(9,10)8-12/h9-10,12H,2-8H2,1H3/t9-,10+,11+/m1/s1. The van der Waals surface area contributed by atoms with Crippen LogP contribution in [0.5, 0.6) is 0 Å². The Labute approximate surface area is 80.3 Å². The number of fused-ring (bicyclic) bond motifs is 1. The highest BCUT2D eigenvalue weighted by atomic mass is 16.5. The maximum Gasteiger partial charge on any atom is 0.0656 e. The van der Waals surface area contributed by atoms with E-state index < -0.39 is 0 Å². The van der Waals surface area contributed by atoms with Gasteiger partial charge < -0.3 is 9.84 Å². The molecule has 1 saturated carbocycles. The molecule has 1 aliphatic carbocycles. The van der Waals surface area contributed by atoms with Crippen LogP contribution in [0.25, 0.3) is 0 Å². The van der Waals surface area contributed by atoms with Gasteiger partial charge in [-0.05, 0) is 18.8 Å². The van der Waals surface area contributed by atoms with E-state index in [1.165, 1.54) is 19.3 Å². The highest BCUT2D eigenvalue weighted by molar-refractivity contribution is 4.96. The summed E-state index contributed by atoms with van der Waals surface area (Å²) in [6.45, 7) is 3.39. The van der Waals surface area contributed by atoms with E-state index in [1.54, 1.807) is 0 Å². The van der Waals surface area contributed by atoms with Crippen LogP contribution >= 0.6 is 0 Å². The van der Waals surface area contributed by atoms with Gasteiger partial charge in [0, 0.05) is 5.41 Å². The Balaban J connectivity index is 2.19. The largest absolute Gasteiger partial charge is 0.396 e. The second-order valence-electron chi connectivity index (χ2n) is 4.71. The molecule has 0 radical (unpaired) electrons. The van der Waals surface area contributed by atoms with Crippen LogP contribution in [0.2, 0.25) is 0 Å². The summed E-state index contributed by atoms with van der Waals surface area (Å²) >= 11 is 0. The normalized spacial score (nSPS) is 45.7. The summed E-state index contributed by atoms with van der Waals surface area (Å²) in [5, 5.41) is 9.57. The number of rotatable bonds is 1. The maximum atomic E-state index is 9.57. The summed E-state index contributed by atoms with van der Waals surface area (Å²) in [6.07, 6.45) is 6.52. The average Bonchev–Trinajstić information content (AvgIpc) is 2.38. The smallest absolute Gasteiger partial charge is 0.0656 e. The van der Waals surface area contributed by atoms with Gasteiger partial charge in [-0.3, -0.25) is 0 Å². The molecular formula is C11H20O2. The first-order valence-electron chi connectivity index (χ1n) is 5.52. The van der Waals surface area contributed by atoms with E-state index in [-0.39, 0.29) is 5.41 Å². The Morgan fingerprint density at radius 1 is 1.38 bits per heavy atom. The van der Waals surface area contributed by atoms with Crippen LogP contribution in [0.1, 0.15) is 39.0 Å². The van der Waals surface area contributed by atoms with Crippen molar-refractivity contribution in [1.29, 1.82) is 0 Å². The zero-order valence-electron chi connectivity index (χ0n) is 8.46. The van der Waals surface area contributed by atoms with Gasteiger partial charge in [0.25, 0.3) is 0 Å². The third-order valence-corrected chi connectivity index (χ3v) is 4.07. The number of hydrogen-bond donors (Lipinski definition) is 1. The van der Waals surface area contributed by atoms with Crippen LogP contribution in [0.3, 0.4) is 0 Å². The predicted molar refractivity (Wildman–Crippen MR) is 51.5 cm³/mol. The molecule has 3 atom stereocenters. The Hall–Kier alpha value is -0.0800. The maximum absolute atomic E-state index is 9.57. The van der Waals surface area contributed by atoms with Gasteiger partial charge in [-0.25, -0.2) is 0 Å². The Kier molecular flexibility index (Phi) is 2.61. The second kappa shape index (κ2) is 3.58. The molecule has 76 valence electrons. The van der Waals surface area contributed by atoms with Crippen molar-refractivity contribution in [2.75, 3.05) is 13.2 Å². The van der Waals surface area contributed by atoms with Crippen molar-refractivity contribution in [3.05, 3.63) is 0 Å². The second-order valence-corrected chi connectivity index (χ2v) is 4.71. The summed E-state index contributed by atoms with van der Waals surface area (Å²) < 4.78 is 5.78. The van der Waals surface area contributed by atoms with Crippen LogP contribution in [-0.4, -0.2) is 24.4 Å². The number of aliphatic hydroxyl groups is 1. The lowest BCUT2D eigenvalue weighted by Crippen LogP contribution is -2.38. The molecule has 13 heavy (non-hydrogen) atoms. The van der Waals surface area contributed by atoms with E-state index in [9.17, 15) is 5.11 Å². The highest BCUT2D eigenvalue weighted by Gasteiger charge is 2.48. The monoisotopic (exact) mass is 184 g/mol. The van der Waals surface area contributed by atoms with Crippen LogP contribution < -0.4 is 0 Å². The molecule has 0 aromatic carbocycles. The van der Waals surface area contributed by atoms with Gasteiger partial charge in [0.1, 0.15) is 0 Å². The van der Waals surface area contributed by atoms with Gasteiger partial charge in [-0.1, -0.05) is 26.2 Å². The minimum atomic E-state index is 0.108. The summed E-state index contributed by atoms with van der Waals surface area (Å²) in [7, 11) is 0. The van der Waals surface area contributed by atoms with Crippen molar-refractivity contribution in [1.82, 2.24) is 0 Å². The molecule has 0 amide bonds. The van der Waals surface area contributed by atoms with Gasteiger partial charge in [0.15, 0.2) is 0 Å². The van der Waals surface area contributed by atoms with E-state index >= 15 is 0 Å². The molecule has 1 N–H and O–H groups in total. The molecule has 1 saturated heterocycles. The van der Waals surface area contributed by atoms with Crippen molar-refractivity contribution in [2.45, 2.75) is 45.1 Å². The van der Waals surface area contributed by atoms with Gasteiger partial charge >= 0.3 is 0 Å². The van der Waals surface area contributed by atoms with E-state index in [4.69, 9.17) is 4.74 Å². The number of ether oxygens (including phenoxy) is 1.